The van der Waals surface area contributed by atoms with Crippen molar-refractivity contribution < 1.29 is 0 Å². The van der Waals surface area contributed by atoms with Gasteiger partial charge < -0.3 is 9.13 Å². The standard InChI is InChI=1S/C47H32N2.C2H6/c1-2-15-33(16-3-1)38-19-6-9-22-43(38)49-45-24-11-8-21-40(45)42-31-36(26-28-47(42)49)35-25-27-46-41(30-35)39-20-7-10-23-44(39)48(46)37-18-12-17-34(29-37)32-13-4-5-14-32;1-2/h1-4,6-31H,5H2;1-2H3. The minimum absolute atomic E-state index is 1.00. The van der Waals surface area contributed by atoms with Crippen molar-refractivity contribution in [1.82, 2.24) is 9.13 Å². The van der Waals surface area contributed by atoms with Crippen LogP contribution in [0.15, 0.2) is 182 Å². The van der Waals surface area contributed by atoms with Gasteiger partial charge in [-0.3, -0.25) is 0 Å². The van der Waals surface area contributed by atoms with Gasteiger partial charge in [0.25, 0.3) is 0 Å². The quantitative estimate of drug-likeness (QED) is 0.175. The van der Waals surface area contributed by atoms with Crippen molar-refractivity contribution in [2.24, 2.45) is 0 Å². The molecule has 0 N–H and O–H groups in total. The molecule has 51 heavy (non-hydrogen) atoms. The van der Waals surface area contributed by atoms with Crippen LogP contribution in [0.1, 0.15) is 25.8 Å². The number of allylic oxidation sites excluding steroid dienone is 4. The second-order valence-electron chi connectivity index (χ2n) is 12.9. The molecule has 244 valence electrons. The van der Waals surface area contributed by atoms with Gasteiger partial charge in [-0.1, -0.05) is 141 Å². The van der Waals surface area contributed by atoms with Gasteiger partial charge in [0.15, 0.2) is 0 Å². The van der Waals surface area contributed by atoms with E-state index in [0.29, 0.717) is 0 Å². The van der Waals surface area contributed by atoms with Crippen molar-refractivity contribution >= 4 is 49.2 Å². The van der Waals surface area contributed by atoms with Crippen LogP contribution in [-0.2, 0) is 0 Å². The first-order chi connectivity index (χ1) is 25.3. The van der Waals surface area contributed by atoms with Gasteiger partial charge >= 0.3 is 0 Å². The second-order valence-corrected chi connectivity index (χ2v) is 12.9. The highest BCUT2D eigenvalue weighted by Gasteiger charge is 2.18. The van der Waals surface area contributed by atoms with Crippen molar-refractivity contribution in [1.29, 1.82) is 0 Å². The van der Waals surface area contributed by atoms with E-state index in [0.717, 1.165) is 6.42 Å². The maximum atomic E-state index is 2.43. The summed E-state index contributed by atoms with van der Waals surface area (Å²) in [4.78, 5) is 0. The van der Waals surface area contributed by atoms with Gasteiger partial charge in [-0.15, -0.1) is 0 Å². The van der Waals surface area contributed by atoms with E-state index in [4.69, 9.17) is 0 Å². The van der Waals surface area contributed by atoms with Gasteiger partial charge in [0.2, 0.25) is 0 Å². The molecule has 0 bridgehead atoms. The second kappa shape index (κ2) is 12.8. The molecule has 2 aromatic heterocycles. The first-order valence-corrected chi connectivity index (χ1v) is 18.0. The van der Waals surface area contributed by atoms with E-state index in [9.17, 15) is 0 Å². The fourth-order valence-electron chi connectivity index (χ4n) is 7.87. The monoisotopic (exact) mass is 654 g/mol. The summed E-state index contributed by atoms with van der Waals surface area (Å²) in [6.07, 6.45) is 7.76. The number of fused-ring (bicyclic) bond motifs is 6. The van der Waals surface area contributed by atoms with Crippen molar-refractivity contribution in [3.8, 4) is 33.6 Å². The molecule has 0 saturated heterocycles. The summed E-state index contributed by atoms with van der Waals surface area (Å²) >= 11 is 0. The van der Waals surface area contributed by atoms with Crippen LogP contribution in [0.25, 0.3) is 82.8 Å². The molecule has 0 atom stereocenters. The molecule has 9 aromatic rings. The molecule has 10 rings (SSSR count). The van der Waals surface area contributed by atoms with Crippen LogP contribution >= 0.6 is 0 Å². The Labute approximate surface area is 298 Å². The third kappa shape index (κ3) is 5.11. The Morgan fingerprint density at radius 2 is 0.980 bits per heavy atom. The lowest BCUT2D eigenvalue weighted by atomic mass is 10.0. The number of para-hydroxylation sites is 3. The number of nitrogens with zero attached hydrogens (tertiary/aromatic N) is 2. The van der Waals surface area contributed by atoms with Gasteiger partial charge in [-0.25, -0.2) is 0 Å². The predicted octanol–water partition coefficient (Wildman–Crippen LogP) is 13.6. The molecule has 7 aromatic carbocycles. The molecule has 0 amide bonds. The highest BCUT2D eigenvalue weighted by Crippen LogP contribution is 2.40. The molecule has 0 unspecified atom stereocenters. The summed E-state index contributed by atoms with van der Waals surface area (Å²) in [6, 6.07) is 59.9. The van der Waals surface area contributed by atoms with Crippen LogP contribution in [0.2, 0.25) is 0 Å². The summed E-state index contributed by atoms with van der Waals surface area (Å²) < 4.78 is 4.84. The molecule has 0 fully saturated rings. The van der Waals surface area contributed by atoms with Crippen molar-refractivity contribution in [3.05, 3.63) is 188 Å². The van der Waals surface area contributed by atoms with Crippen LogP contribution in [0.5, 0.6) is 0 Å². The number of hydrogen-bond donors (Lipinski definition) is 0. The van der Waals surface area contributed by atoms with E-state index in [1.807, 2.05) is 13.8 Å². The Morgan fingerprint density at radius 1 is 0.412 bits per heavy atom. The highest BCUT2D eigenvalue weighted by molar-refractivity contribution is 6.13. The van der Waals surface area contributed by atoms with Crippen LogP contribution in [0, 0.1) is 0 Å². The molecular formula is C49H38N2. The van der Waals surface area contributed by atoms with Crippen LogP contribution in [-0.4, -0.2) is 9.13 Å². The van der Waals surface area contributed by atoms with Gasteiger partial charge in [0.05, 0.1) is 27.8 Å². The predicted molar refractivity (Wildman–Crippen MR) is 219 cm³/mol. The lowest BCUT2D eigenvalue weighted by Gasteiger charge is -2.14. The van der Waals surface area contributed by atoms with E-state index in [-0.39, 0.29) is 0 Å². The summed E-state index contributed by atoms with van der Waals surface area (Å²) in [5.74, 6) is 0. The summed E-state index contributed by atoms with van der Waals surface area (Å²) in [6.45, 7) is 4.00. The number of benzene rings is 7. The summed E-state index contributed by atoms with van der Waals surface area (Å²) in [5.41, 5.74) is 14.6. The number of rotatable bonds is 5. The molecule has 2 heterocycles. The fraction of sp³-hybridized carbons (Fsp3) is 0.0612. The Bertz CT molecular complexity index is 2790. The average Bonchev–Trinajstić information content (AvgIpc) is 3.94. The van der Waals surface area contributed by atoms with Crippen LogP contribution < -0.4 is 0 Å². The molecule has 1 aliphatic rings. The minimum atomic E-state index is 1.00. The zero-order chi connectivity index (χ0) is 34.3. The third-order valence-electron chi connectivity index (χ3n) is 10.1. The van der Waals surface area contributed by atoms with Crippen molar-refractivity contribution in [2.45, 2.75) is 20.3 Å². The largest absolute Gasteiger partial charge is 0.309 e. The zero-order valence-electron chi connectivity index (χ0n) is 28.9. The van der Waals surface area contributed by atoms with Crippen LogP contribution in [0.3, 0.4) is 0 Å². The molecule has 2 nitrogen and oxygen atoms in total. The first kappa shape index (κ1) is 30.7. The first-order valence-electron chi connectivity index (χ1n) is 18.0. The minimum Gasteiger partial charge on any atom is -0.309 e. The average molecular weight is 655 g/mol. The third-order valence-corrected chi connectivity index (χ3v) is 10.1. The number of aromatic nitrogens is 2. The molecule has 0 aliphatic heterocycles. The Balaban J connectivity index is 0.00000171. The summed E-state index contributed by atoms with van der Waals surface area (Å²) in [7, 11) is 0. The smallest absolute Gasteiger partial charge is 0.0541 e. The van der Waals surface area contributed by atoms with Crippen molar-refractivity contribution in [3.63, 3.8) is 0 Å². The SMILES string of the molecule is C1=CC(c2cccc(-n3c4ccccc4c4cc(-c5ccc6c(c5)c5ccccc5n6-c5ccccc5-c5ccccc5)ccc43)c2)=CC1.CC. The van der Waals surface area contributed by atoms with E-state index in [1.165, 1.54) is 88.4 Å². The van der Waals surface area contributed by atoms with Crippen molar-refractivity contribution in [2.75, 3.05) is 0 Å². The molecule has 0 radical (unpaired) electrons. The molecule has 0 saturated carbocycles. The lowest BCUT2D eigenvalue weighted by molar-refractivity contribution is 1.18. The Morgan fingerprint density at radius 3 is 1.67 bits per heavy atom. The van der Waals surface area contributed by atoms with Crippen LogP contribution in [0.4, 0.5) is 0 Å². The zero-order valence-corrected chi connectivity index (χ0v) is 28.9. The maximum Gasteiger partial charge on any atom is 0.0541 e. The van der Waals surface area contributed by atoms with Gasteiger partial charge in [-0.05, 0) is 88.8 Å². The molecule has 2 heteroatoms. The van der Waals surface area contributed by atoms with Gasteiger partial charge in [0, 0.05) is 32.8 Å². The molecule has 0 spiro atoms. The molecule has 1 aliphatic carbocycles. The highest BCUT2D eigenvalue weighted by atomic mass is 15.0. The van der Waals surface area contributed by atoms with E-state index in [1.54, 1.807) is 0 Å². The maximum absolute atomic E-state index is 2.43. The van der Waals surface area contributed by atoms with E-state index in [2.05, 4.69) is 191 Å². The normalized spacial score (nSPS) is 12.5. The number of hydrogen-bond acceptors (Lipinski definition) is 0. The lowest BCUT2D eigenvalue weighted by Crippen LogP contribution is -1.97. The topological polar surface area (TPSA) is 9.86 Å². The van der Waals surface area contributed by atoms with Gasteiger partial charge in [-0.2, -0.15) is 0 Å². The summed E-state index contributed by atoms with van der Waals surface area (Å²) in [5, 5.41) is 5.04. The van der Waals surface area contributed by atoms with Gasteiger partial charge in [0.1, 0.15) is 0 Å². The fourth-order valence-corrected chi connectivity index (χ4v) is 7.87. The Hall–Kier alpha value is -6.38. The molecular weight excluding hydrogens is 617 g/mol. The van der Waals surface area contributed by atoms with E-state index < -0.39 is 0 Å². The van der Waals surface area contributed by atoms with E-state index >= 15 is 0 Å². The Kier molecular flexibility index (Phi) is 7.71.